The Morgan fingerprint density at radius 1 is 0.351 bits per heavy atom. The molecule has 3 aromatic heterocycles. The molecule has 25 heteroatoms. The van der Waals surface area contributed by atoms with Gasteiger partial charge in [0.1, 0.15) is 11.6 Å². The highest BCUT2D eigenvalue weighted by Crippen LogP contribution is 2.46. The van der Waals surface area contributed by atoms with Crippen LogP contribution < -0.4 is 54.3 Å². The standard InChI is InChI=1S/2C31H38N4O3.C30H33N3O2.C29H31N3O3.2CH4/c2*1-3-24(2)38-23-35-30(36)16-14-26-13-15-29(32-31(26)35)37-22-7-6-17-33-18-20-34(21-19-33)28-12-8-10-25-9-4-5-11-27(25)28;1-4-23(2)34-22-33-24(3)35-30-28(14-9-15-29(30)33)32-18-16-31(17-19-32)21-25-10-8-13-27(20-25)26-11-6-5-7-12-26;1-3-22(2)34-21-32-27-14-8-13-26(28(27)35-29(32)33)31-17-15-30(16-18-31)20-23-9-7-12-25(19-23)24-10-5-4-6-11-24;;/h2*4-5,8-13,15H,2-3,6-7,14,16-23H2,1H3;5-15,20H,2-4,16-19,21-22H2,1H3;4-14,19H,2-3,15-18,20-21H2,1H3;2*1H4. The number of unbranched alkanes of at least 4 members (excludes halogenated alkanes) is 2. The van der Waals surface area contributed by atoms with Crippen molar-refractivity contribution in [1.82, 2.24) is 34.1 Å². The average molecular weight is 2000 g/mol. The van der Waals surface area contributed by atoms with E-state index in [9.17, 15) is 14.4 Å². The number of piperazine rings is 4. The van der Waals surface area contributed by atoms with Crippen molar-refractivity contribution in [1.29, 1.82) is 0 Å². The average Bonchev–Trinajstić information content (AvgIpc) is 1.65. The van der Waals surface area contributed by atoms with E-state index in [4.69, 9.17) is 37.6 Å². The Kier molecular flexibility index (Phi) is 38.6. The van der Waals surface area contributed by atoms with Gasteiger partial charge in [-0.3, -0.25) is 43.9 Å². The minimum absolute atomic E-state index is 0. The molecule has 4 fully saturated rings. The van der Waals surface area contributed by atoms with Gasteiger partial charge in [-0.2, -0.15) is 9.97 Å². The van der Waals surface area contributed by atoms with Crippen LogP contribution in [0.2, 0.25) is 0 Å². The third kappa shape index (κ3) is 27.8. The summed E-state index contributed by atoms with van der Waals surface area (Å²) in [6.07, 6.45) is 9.32. The lowest BCUT2D eigenvalue weighted by Gasteiger charge is -2.36. The van der Waals surface area contributed by atoms with Gasteiger partial charge in [-0.25, -0.2) is 9.36 Å². The van der Waals surface area contributed by atoms with Gasteiger partial charge in [-0.1, -0.05) is 251 Å². The van der Waals surface area contributed by atoms with Crippen molar-refractivity contribution in [2.24, 2.45) is 0 Å². The van der Waals surface area contributed by atoms with Gasteiger partial charge in [0.2, 0.25) is 23.6 Å². The largest absolute Gasteiger partial charge is 0.478 e. The van der Waals surface area contributed by atoms with Crippen molar-refractivity contribution in [3.63, 3.8) is 0 Å². The summed E-state index contributed by atoms with van der Waals surface area (Å²) in [6, 6.07) is 89.2. The van der Waals surface area contributed by atoms with Crippen LogP contribution in [0.4, 0.5) is 40.1 Å². The number of fused-ring (bicyclic) bond motifs is 6. The van der Waals surface area contributed by atoms with E-state index < -0.39 is 5.76 Å². The number of nitrogens with zero attached hydrogens (tertiary/aromatic N) is 14. The Morgan fingerprint density at radius 3 is 1.18 bits per heavy atom. The number of para-hydroxylation sites is 2. The highest BCUT2D eigenvalue weighted by atomic mass is 16.5. The molecule has 4 saturated heterocycles. The Labute approximate surface area is 874 Å². The highest BCUT2D eigenvalue weighted by Gasteiger charge is 2.34. The molecule has 0 bridgehead atoms. The summed E-state index contributed by atoms with van der Waals surface area (Å²) in [5.74, 6) is 6.22. The van der Waals surface area contributed by atoms with E-state index in [1.165, 1.54) is 70.9 Å². The van der Waals surface area contributed by atoms with Crippen molar-refractivity contribution in [2.75, 3.05) is 186 Å². The number of hydrogen-bond donors (Lipinski definition) is 0. The van der Waals surface area contributed by atoms with Crippen LogP contribution in [0, 0.1) is 0 Å². The predicted molar refractivity (Wildman–Crippen MR) is 603 cm³/mol. The molecule has 25 nitrogen and oxygen atoms in total. The molecule has 0 unspecified atom stereocenters. The summed E-state index contributed by atoms with van der Waals surface area (Å²) in [4.78, 5) is 71.9. The molecule has 776 valence electrons. The Bertz CT molecular complexity index is 6490. The number of benzene rings is 10. The molecule has 0 spiro atoms. The van der Waals surface area contributed by atoms with Crippen LogP contribution in [-0.4, -0.2) is 197 Å². The van der Waals surface area contributed by atoms with Gasteiger partial charge in [0.15, 0.2) is 44.1 Å². The molecule has 0 aliphatic carbocycles. The summed E-state index contributed by atoms with van der Waals surface area (Å²) >= 11 is 0. The maximum atomic E-state index is 12.5. The Balaban J connectivity index is 0.000000147. The maximum absolute atomic E-state index is 12.5. The number of rotatable bonds is 38. The van der Waals surface area contributed by atoms with Gasteiger partial charge in [0.25, 0.3) is 0 Å². The van der Waals surface area contributed by atoms with Crippen LogP contribution in [0.3, 0.4) is 0 Å². The first-order valence-corrected chi connectivity index (χ1v) is 52.1. The lowest BCUT2D eigenvalue weighted by Crippen LogP contribution is -2.46. The Hall–Kier alpha value is -14.6. The van der Waals surface area contributed by atoms with E-state index >= 15 is 0 Å². The molecule has 0 saturated carbocycles. The fraction of sp³-hybridized carbons (Fsp3) is 0.358. The first-order chi connectivity index (χ1) is 71.5. The number of amides is 2. The van der Waals surface area contributed by atoms with Gasteiger partial charge < -0.3 is 57.2 Å². The first kappa shape index (κ1) is 108. The number of aryl methyl sites for hydroxylation is 2. The number of oxazole rings is 1. The van der Waals surface area contributed by atoms with Gasteiger partial charge >= 0.3 is 5.76 Å². The van der Waals surface area contributed by atoms with Crippen LogP contribution in [-0.2, 0) is 61.2 Å². The topological polar surface area (TPSA) is 195 Å². The van der Waals surface area contributed by atoms with E-state index in [-0.39, 0.29) is 46.9 Å². The van der Waals surface area contributed by atoms with E-state index in [1.807, 2.05) is 81.1 Å². The number of pyridine rings is 2. The second-order valence-electron chi connectivity index (χ2n) is 38.0. The molecule has 10 heterocycles. The minimum atomic E-state index is -0.409. The van der Waals surface area contributed by atoms with Gasteiger partial charge in [-0.15, -0.1) is 0 Å². The van der Waals surface area contributed by atoms with Gasteiger partial charge in [0, 0.05) is 191 Å². The van der Waals surface area contributed by atoms with E-state index in [2.05, 4.69) is 288 Å². The summed E-state index contributed by atoms with van der Waals surface area (Å²) < 4.78 is 47.9. The molecule has 148 heavy (non-hydrogen) atoms. The lowest BCUT2D eigenvalue weighted by atomic mass is 10.0. The van der Waals surface area contributed by atoms with Crippen molar-refractivity contribution in [3.05, 3.63) is 349 Å². The van der Waals surface area contributed by atoms with Crippen LogP contribution in [0.25, 0.3) is 54.9 Å². The van der Waals surface area contributed by atoms with Crippen molar-refractivity contribution < 1.29 is 47.2 Å². The molecule has 13 aromatic rings. The fourth-order valence-corrected chi connectivity index (χ4v) is 19.6. The number of anilines is 7. The normalized spacial score (nSPS) is 15.3. The predicted octanol–water partition coefficient (Wildman–Crippen LogP) is 23.8. The number of allylic oxidation sites excluding steroid dienone is 4. The number of ether oxygens (including phenoxy) is 7. The third-order valence-electron chi connectivity index (χ3n) is 28.3. The van der Waals surface area contributed by atoms with Crippen molar-refractivity contribution in [3.8, 4) is 39.8 Å². The zero-order valence-electron chi connectivity index (χ0n) is 85.4. The monoisotopic (exact) mass is 2000 g/mol. The first-order valence-electron chi connectivity index (χ1n) is 52.1. The molecule has 7 aliphatic heterocycles. The molecule has 0 atom stereocenters. The van der Waals surface area contributed by atoms with Crippen molar-refractivity contribution >= 4 is 84.5 Å². The smallest absolute Gasteiger partial charge is 0.422 e. The van der Waals surface area contributed by atoms with Crippen LogP contribution in [0.1, 0.15) is 129 Å². The zero-order chi connectivity index (χ0) is 101. The van der Waals surface area contributed by atoms with E-state index in [0.29, 0.717) is 117 Å². The highest BCUT2D eigenvalue weighted by molar-refractivity contribution is 5.98. The molecular weight excluding hydrogens is 1850 g/mol. The SMILES string of the molecule is C.C.C=C(CC)OCN1C(=C)Oc2c(N3CCN(Cc4cccc(-c5ccccc5)c4)CC3)cccc21.C=C(CC)OCN1C(=O)CCc2ccc(OCCCCN3CCN(c4cccc5ccccc45)CC3)nc21.C=C(CC)OCN1C(=O)CCc2ccc(OCCCCN3CCN(c4cccc5ccccc45)CC3)nc21.C=C(CC)OCn1c(=O)oc2c(N3CCN(Cc4cccc(-c5ccccc5)c4)CC3)cccc21. The number of hydrogen-bond acceptors (Lipinski definition) is 22. The molecule has 0 N–H and O–H groups in total. The summed E-state index contributed by atoms with van der Waals surface area (Å²) in [5.41, 5.74) is 16.9. The number of carbonyl (C=O) groups is 2. The van der Waals surface area contributed by atoms with Gasteiger partial charge in [-0.05, 0) is 174 Å². The van der Waals surface area contributed by atoms with Crippen molar-refractivity contribution in [2.45, 2.75) is 139 Å². The lowest BCUT2D eigenvalue weighted by molar-refractivity contribution is -0.120. The molecule has 0 radical (unpaired) electrons. The summed E-state index contributed by atoms with van der Waals surface area (Å²) in [5, 5.41) is 5.28. The van der Waals surface area contributed by atoms with E-state index in [0.717, 1.165) is 208 Å². The second kappa shape index (κ2) is 53.1. The molecular formula is C123H148N14O11. The molecule has 20 rings (SSSR count). The Morgan fingerprint density at radius 2 is 0.716 bits per heavy atom. The fourth-order valence-electron chi connectivity index (χ4n) is 19.6. The molecule has 10 aromatic carbocycles. The van der Waals surface area contributed by atoms with Crippen LogP contribution in [0.15, 0.2) is 326 Å². The minimum Gasteiger partial charge on any atom is -0.478 e. The molecule has 2 amide bonds. The number of carbonyl (C=O) groups excluding carboxylic acids is 2. The van der Waals surface area contributed by atoms with E-state index in [1.54, 1.807) is 9.80 Å². The summed E-state index contributed by atoms with van der Waals surface area (Å²) in [6.45, 7) is 49.6. The second-order valence-corrected chi connectivity index (χ2v) is 38.0. The molecule has 7 aliphatic rings. The van der Waals surface area contributed by atoms with Crippen LogP contribution in [0.5, 0.6) is 17.5 Å². The zero-order valence-corrected chi connectivity index (χ0v) is 85.4. The summed E-state index contributed by atoms with van der Waals surface area (Å²) in [7, 11) is 0. The van der Waals surface area contributed by atoms with Gasteiger partial charge in [0.05, 0.1) is 58.8 Å². The third-order valence-corrected chi connectivity index (χ3v) is 28.3. The quantitative estimate of drug-likeness (QED) is 0.0261. The maximum Gasteiger partial charge on any atom is 0.422 e. The van der Waals surface area contributed by atoms with Crippen LogP contribution >= 0.6 is 0 Å². The number of aromatic nitrogens is 3.